The number of aromatic nitrogens is 3. The van der Waals surface area contributed by atoms with E-state index in [2.05, 4.69) is 37.9 Å². The molecule has 3 N–H and O–H groups in total. The Morgan fingerprint density at radius 3 is 2.74 bits per heavy atom. The van der Waals surface area contributed by atoms with Gasteiger partial charge in [0.05, 0.1) is 45.6 Å². The van der Waals surface area contributed by atoms with Crippen molar-refractivity contribution in [2.75, 3.05) is 25.5 Å². The van der Waals surface area contributed by atoms with E-state index in [1.165, 1.54) is 5.56 Å². The van der Waals surface area contributed by atoms with E-state index in [1.807, 2.05) is 24.3 Å². The maximum absolute atomic E-state index is 12.7. The maximum Gasteiger partial charge on any atom is 0.275 e. The smallest absolute Gasteiger partial charge is 0.275 e. The molecule has 0 amide bonds. The summed E-state index contributed by atoms with van der Waals surface area (Å²) >= 11 is 12.6. The third-order valence-electron chi connectivity index (χ3n) is 6.39. The zero-order valence-electron chi connectivity index (χ0n) is 19.2. The normalized spacial score (nSPS) is 14.3. The van der Waals surface area contributed by atoms with E-state index < -0.39 is 0 Å². The Balaban J connectivity index is 1.54. The van der Waals surface area contributed by atoms with Crippen LogP contribution in [-0.4, -0.2) is 35.4 Å². The first-order valence-corrected chi connectivity index (χ1v) is 12.2. The molecule has 0 radical (unpaired) electrons. The summed E-state index contributed by atoms with van der Waals surface area (Å²) in [5.74, 6) is 1.22. The van der Waals surface area contributed by atoms with Gasteiger partial charge in [-0.25, -0.2) is 5.10 Å². The van der Waals surface area contributed by atoms with E-state index in [9.17, 15) is 4.79 Å². The Morgan fingerprint density at radius 1 is 1.11 bits per heavy atom. The molecule has 1 fully saturated rings. The molecule has 7 nitrogen and oxygen atoms in total. The summed E-state index contributed by atoms with van der Waals surface area (Å²) in [5, 5.41) is 14.6. The van der Waals surface area contributed by atoms with Gasteiger partial charge in [-0.3, -0.25) is 9.78 Å². The SMILES string of the molecule is COc1cc(C2CCNCC2)ccc1Nc1cc(Cc2cccc(Cl)c2Cl)nc2cn[nH]c(=O)c12. The van der Waals surface area contributed by atoms with E-state index in [4.69, 9.17) is 27.9 Å². The van der Waals surface area contributed by atoms with E-state index in [0.717, 1.165) is 48.6 Å². The van der Waals surface area contributed by atoms with Crippen LogP contribution in [0.25, 0.3) is 10.9 Å². The van der Waals surface area contributed by atoms with E-state index >= 15 is 0 Å². The molecule has 5 rings (SSSR count). The highest BCUT2D eigenvalue weighted by atomic mass is 35.5. The number of hydrogen-bond donors (Lipinski definition) is 3. The number of rotatable bonds is 6. The number of piperidine rings is 1. The molecule has 0 bridgehead atoms. The van der Waals surface area contributed by atoms with Crippen LogP contribution in [0.15, 0.2) is 53.5 Å². The summed E-state index contributed by atoms with van der Waals surface area (Å²) in [5.41, 5.74) is 4.36. The standard InChI is InChI=1S/C26H25Cl2N5O2/c1-35-23-12-16(15-7-9-29-10-8-15)5-6-20(23)32-21-13-18(11-17-3-2-4-19(27)25(17)28)31-22-14-30-33-26(34)24(21)22/h2-6,12-15,29H,7-11H2,1H3,(H,31,32)(H,33,34). The molecular weight excluding hydrogens is 485 g/mol. The van der Waals surface area contributed by atoms with Crippen LogP contribution in [0.5, 0.6) is 5.75 Å². The van der Waals surface area contributed by atoms with E-state index in [0.29, 0.717) is 39.0 Å². The minimum atomic E-state index is -0.324. The lowest BCUT2D eigenvalue weighted by molar-refractivity contribution is 0.413. The minimum Gasteiger partial charge on any atom is -0.495 e. The molecule has 0 atom stereocenters. The van der Waals surface area contributed by atoms with Gasteiger partial charge in [0, 0.05) is 12.1 Å². The highest BCUT2D eigenvalue weighted by Gasteiger charge is 2.18. The quantitative estimate of drug-likeness (QED) is 0.320. The minimum absolute atomic E-state index is 0.324. The number of pyridine rings is 1. The Labute approximate surface area is 212 Å². The third kappa shape index (κ3) is 4.98. The molecule has 1 aliphatic rings. The molecule has 3 heterocycles. The van der Waals surface area contributed by atoms with Gasteiger partial charge in [0.25, 0.3) is 5.56 Å². The number of ether oxygens (including phenoxy) is 1. The van der Waals surface area contributed by atoms with Crippen molar-refractivity contribution in [2.24, 2.45) is 0 Å². The lowest BCUT2D eigenvalue weighted by atomic mass is 9.90. The second-order valence-corrected chi connectivity index (χ2v) is 9.40. The fourth-order valence-electron chi connectivity index (χ4n) is 4.59. The zero-order chi connectivity index (χ0) is 24.4. The van der Waals surface area contributed by atoms with Crippen molar-refractivity contribution in [3.63, 3.8) is 0 Å². The summed E-state index contributed by atoms with van der Waals surface area (Å²) in [6, 6.07) is 13.6. The Bertz CT molecular complexity index is 1430. The van der Waals surface area contributed by atoms with Crippen molar-refractivity contribution in [1.82, 2.24) is 20.5 Å². The molecule has 0 saturated carbocycles. The molecule has 1 saturated heterocycles. The van der Waals surface area contributed by atoms with E-state index in [-0.39, 0.29) is 5.56 Å². The number of methoxy groups -OCH3 is 1. The topological polar surface area (TPSA) is 91.9 Å². The van der Waals surface area contributed by atoms with Gasteiger partial charge in [-0.2, -0.15) is 5.10 Å². The molecule has 180 valence electrons. The van der Waals surface area contributed by atoms with Crippen LogP contribution in [0.3, 0.4) is 0 Å². The Kier molecular flexibility index (Phi) is 6.90. The van der Waals surface area contributed by atoms with E-state index in [1.54, 1.807) is 19.4 Å². The number of hydrogen-bond acceptors (Lipinski definition) is 6. The Hall–Kier alpha value is -3.13. The molecule has 0 spiro atoms. The first-order chi connectivity index (χ1) is 17.0. The summed E-state index contributed by atoms with van der Waals surface area (Å²) in [7, 11) is 1.65. The number of anilines is 2. The van der Waals surface area contributed by atoms with Gasteiger partial charge >= 0.3 is 0 Å². The number of fused-ring (bicyclic) bond motifs is 1. The maximum atomic E-state index is 12.7. The van der Waals surface area contributed by atoms with Crippen molar-refractivity contribution in [1.29, 1.82) is 0 Å². The van der Waals surface area contributed by atoms with Gasteiger partial charge in [-0.05, 0) is 67.2 Å². The summed E-state index contributed by atoms with van der Waals surface area (Å²) in [6.45, 7) is 2.04. The van der Waals surface area contributed by atoms with Crippen LogP contribution >= 0.6 is 23.2 Å². The highest BCUT2D eigenvalue weighted by Crippen LogP contribution is 2.35. The molecular formula is C26H25Cl2N5O2. The molecule has 0 unspecified atom stereocenters. The van der Waals surface area contributed by atoms with Crippen LogP contribution < -0.4 is 20.9 Å². The summed E-state index contributed by atoms with van der Waals surface area (Å²) in [4.78, 5) is 17.4. The van der Waals surface area contributed by atoms with Crippen LogP contribution in [0.4, 0.5) is 11.4 Å². The van der Waals surface area contributed by atoms with Gasteiger partial charge in [-0.15, -0.1) is 0 Å². The monoisotopic (exact) mass is 509 g/mol. The van der Waals surface area contributed by atoms with Crippen molar-refractivity contribution in [3.05, 3.63) is 85.9 Å². The van der Waals surface area contributed by atoms with Gasteiger partial charge in [0.15, 0.2) is 0 Å². The fraction of sp³-hybridized carbons (Fsp3) is 0.269. The zero-order valence-corrected chi connectivity index (χ0v) is 20.7. The number of halogens is 2. The van der Waals surface area contributed by atoms with Crippen molar-refractivity contribution >= 4 is 45.5 Å². The number of aromatic amines is 1. The van der Waals surface area contributed by atoms with Gasteiger partial charge in [0.1, 0.15) is 5.75 Å². The van der Waals surface area contributed by atoms with Crippen molar-refractivity contribution < 1.29 is 4.74 Å². The molecule has 1 aliphatic heterocycles. The highest BCUT2D eigenvalue weighted by molar-refractivity contribution is 6.42. The fourth-order valence-corrected chi connectivity index (χ4v) is 4.98. The number of H-pyrrole nitrogens is 1. The van der Waals surface area contributed by atoms with Crippen molar-refractivity contribution in [3.8, 4) is 5.75 Å². The van der Waals surface area contributed by atoms with Gasteiger partial charge in [0.2, 0.25) is 0 Å². The molecule has 2 aromatic heterocycles. The molecule has 0 aliphatic carbocycles. The predicted molar refractivity (Wildman–Crippen MR) is 141 cm³/mol. The molecule has 2 aromatic carbocycles. The lowest BCUT2D eigenvalue weighted by Gasteiger charge is -2.24. The first kappa shape index (κ1) is 23.6. The van der Waals surface area contributed by atoms with Gasteiger partial charge < -0.3 is 15.4 Å². The molecule has 35 heavy (non-hydrogen) atoms. The Morgan fingerprint density at radius 2 is 1.94 bits per heavy atom. The van der Waals surface area contributed by atoms with Crippen molar-refractivity contribution in [2.45, 2.75) is 25.2 Å². The number of nitrogens with zero attached hydrogens (tertiary/aromatic N) is 2. The average Bonchev–Trinajstić information content (AvgIpc) is 2.87. The first-order valence-electron chi connectivity index (χ1n) is 11.5. The average molecular weight is 510 g/mol. The molecule has 4 aromatic rings. The second-order valence-electron chi connectivity index (χ2n) is 8.62. The lowest BCUT2D eigenvalue weighted by Crippen LogP contribution is -2.26. The van der Waals surface area contributed by atoms with Gasteiger partial charge in [-0.1, -0.05) is 41.4 Å². The van der Waals surface area contributed by atoms with Crippen LogP contribution in [-0.2, 0) is 6.42 Å². The largest absolute Gasteiger partial charge is 0.495 e. The molecule has 9 heteroatoms. The number of nitrogens with one attached hydrogen (secondary N) is 3. The van der Waals surface area contributed by atoms with Crippen LogP contribution in [0.2, 0.25) is 10.0 Å². The predicted octanol–water partition coefficient (Wildman–Crippen LogP) is 5.43. The van der Waals surface area contributed by atoms with Crippen LogP contribution in [0.1, 0.15) is 35.6 Å². The second kappa shape index (κ2) is 10.2. The van der Waals surface area contributed by atoms with Crippen LogP contribution in [0, 0.1) is 0 Å². The number of benzene rings is 2. The summed E-state index contributed by atoms with van der Waals surface area (Å²) < 4.78 is 5.72. The summed E-state index contributed by atoms with van der Waals surface area (Å²) in [6.07, 6.45) is 4.19. The third-order valence-corrected chi connectivity index (χ3v) is 7.25.